The molecular weight excluding hydrogens is 246 g/mol. The minimum absolute atomic E-state index is 0.478. The second kappa shape index (κ2) is 5.10. The maximum absolute atomic E-state index is 6.13. The van der Waals surface area contributed by atoms with Crippen LogP contribution in [0.15, 0.2) is 18.2 Å². The van der Waals surface area contributed by atoms with E-state index in [0.29, 0.717) is 11.6 Å². The van der Waals surface area contributed by atoms with Gasteiger partial charge in [0.15, 0.2) is 0 Å². The van der Waals surface area contributed by atoms with Gasteiger partial charge in [0.25, 0.3) is 0 Å². The number of halogens is 1. The number of benzene rings is 1. The summed E-state index contributed by atoms with van der Waals surface area (Å²) in [6, 6.07) is 5.82. The molecule has 3 heteroatoms. The van der Waals surface area contributed by atoms with Gasteiger partial charge in [-0.05, 0) is 54.7 Å². The highest BCUT2D eigenvalue weighted by Gasteiger charge is 2.39. The number of hydrogen-bond donors (Lipinski definition) is 1. The molecule has 18 heavy (non-hydrogen) atoms. The number of fused-ring (bicyclic) bond motifs is 2. The van der Waals surface area contributed by atoms with Gasteiger partial charge in [0.1, 0.15) is 5.75 Å². The fraction of sp³-hybridized carbons (Fsp3) is 0.600. The van der Waals surface area contributed by atoms with Crippen LogP contribution in [0.3, 0.4) is 0 Å². The Morgan fingerprint density at radius 1 is 1.28 bits per heavy atom. The minimum atomic E-state index is 0.478. The summed E-state index contributed by atoms with van der Waals surface area (Å²) in [4.78, 5) is 0. The summed E-state index contributed by atoms with van der Waals surface area (Å²) in [5.41, 5.74) is 6.57. The third kappa shape index (κ3) is 2.36. The molecule has 0 radical (unpaired) electrons. The summed E-state index contributed by atoms with van der Waals surface area (Å²) >= 11 is 6.13. The van der Waals surface area contributed by atoms with Crippen LogP contribution in [0.1, 0.15) is 31.2 Å². The first kappa shape index (κ1) is 12.3. The molecule has 2 aliphatic rings. The van der Waals surface area contributed by atoms with Crippen LogP contribution in [0.4, 0.5) is 0 Å². The number of ether oxygens (including phenoxy) is 1. The van der Waals surface area contributed by atoms with Crippen molar-refractivity contribution < 1.29 is 4.74 Å². The van der Waals surface area contributed by atoms with Gasteiger partial charge in [0, 0.05) is 11.6 Å². The topological polar surface area (TPSA) is 35.2 Å². The molecule has 0 heterocycles. The minimum Gasteiger partial charge on any atom is -0.493 e. The van der Waals surface area contributed by atoms with Crippen molar-refractivity contribution in [3.05, 3.63) is 28.8 Å². The Balaban J connectivity index is 1.58. The SMILES string of the molecule is NCc1ccc(OCC2CC3CCC2C3)cc1Cl. The van der Waals surface area contributed by atoms with Crippen LogP contribution >= 0.6 is 11.6 Å². The quantitative estimate of drug-likeness (QED) is 0.903. The molecule has 2 bridgehead atoms. The maximum Gasteiger partial charge on any atom is 0.120 e. The van der Waals surface area contributed by atoms with Gasteiger partial charge in [-0.1, -0.05) is 24.1 Å². The summed E-state index contributed by atoms with van der Waals surface area (Å²) < 4.78 is 5.90. The number of hydrogen-bond acceptors (Lipinski definition) is 2. The molecule has 1 aromatic carbocycles. The van der Waals surface area contributed by atoms with Crippen molar-refractivity contribution in [3.8, 4) is 5.75 Å². The standard InChI is InChI=1S/C15H20ClNO/c16-15-7-14(4-3-12(15)8-17)18-9-13-6-10-1-2-11(13)5-10/h3-4,7,10-11,13H,1-2,5-6,8-9,17H2. The highest BCUT2D eigenvalue weighted by molar-refractivity contribution is 6.31. The van der Waals surface area contributed by atoms with E-state index in [-0.39, 0.29) is 0 Å². The zero-order chi connectivity index (χ0) is 12.5. The van der Waals surface area contributed by atoms with Crippen LogP contribution in [-0.2, 0) is 6.54 Å². The molecule has 2 fully saturated rings. The molecule has 0 aromatic heterocycles. The molecule has 2 saturated carbocycles. The second-order valence-corrected chi connectivity index (χ2v) is 6.11. The Bertz CT molecular complexity index is 435. The lowest BCUT2D eigenvalue weighted by Gasteiger charge is -2.21. The fourth-order valence-electron chi connectivity index (χ4n) is 3.57. The van der Waals surface area contributed by atoms with Crippen LogP contribution in [0, 0.1) is 17.8 Å². The molecule has 1 aromatic rings. The van der Waals surface area contributed by atoms with Gasteiger partial charge in [-0.3, -0.25) is 0 Å². The van der Waals surface area contributed by atoms with Gasteiger partial charge in [-0.15, -0.1) is 0 Å². The van der Waals surface area contributed by atoms with E-state index in [1.165, 1.54) is 25.7 Å². The molecule has 0 amide bonds. The van der Waals surface area contributed by atoms with Gasteiger partial charge < -0.3 is 10.5 Å². The van der Waals surface area contributed by atoms with Gasteiger partial charge in [0.2, 0.25) is 0 Å². The molecule has 2 aliphatic carbocycles. The fourth-order valence-corrected chi connectivity index (χ4v) is 3.81. The first-order chi connectivity index (χ1) is 8.76. The molecule has 2 N–H and O–H groups in total. The zero-order valence-electron chi connectivity index (χ0n) is 10.6. The van der Waals surface area contributed by atoms with Gasteiger partial charge in [0.05, 0.1) is 6.61 Å². The van der Waals surface area contributed by atoms with Crippen molar-refractivity contribution in [2.24, 2.45) is 23.5 Å². The first-order valence-corrected chi connectivity index (χ1v) is 7.25. The predicted octanol–water partition coefficient (Wildman–Crippen LogP) is 3.61. The average molecular weight is 266 g/mol. The van der Waals surface area contributed by atoms with E-state index in [1.807, 2.05) is 18.2 Å². The van der Waals surface area contributed by atoms with Crippen molar-refractivity contribution in [1.82, 2.24) is 0 Å². The van der Waals surface area contributed by atoms with E-state index in [0.717, 1.165) is 35.7 Å². The van der Waals surface area contributed by atoms with Crippen LogP contribution < -0.4 is 10.5 Å². The zero-order valence-corrected chi connectivity index (χ0v) is 11.3. The van der Waals surface area contributed by atoms with Crippen LogP contribution in [0.5, 0.6) is 5.75 Å². The molecule has 0 aliphatic heterocycles. The predicted molar refractivity (Wildman–Crippen MR) is 73.8 cm³/mol. The molecule has 3 unspecified atom stereocenters. The maximum atomic E-state index is 6.13. The van der Waals surface area contributed by atoms with E-state index < -0.39 is 0 Å². The summed E-state index contributed by atoms with van der Waals surface area (Å²) in [6.07, 6.45) is 5.64. The highest BCUT2D eigenvalue weighted by atomic mass is 35.5. The molecule has 3 atom stereocenters. The van der Waals surface area contributed by atoms with E-state index in [4.69, 9.17) is 22.1 Å². The van der Waals surface area contributed by atoms with Crippen molar-refractivity contribution >= 4 is 11.6 Å². The molecule has 0 spiro atoms. The average Bonchev–Trinajstić information content (AvgIpc) is 2.98. The Labute approximate surface area is 113 Å². The summed E-state index contributed by atoms with van der Waals surface area (Å²) in [7, 11) is 0. The van der Waals surface area contributed by atoms with E-state index >= 15 is 0 Å². The summed E-state index contributed by atoms with van der Waals surface area (Å²) in [5.74, 6) is 3.53. The van der Waals surface area contributed by atoms with Crippen molar-refractivity contribution in [2.45, 2.75) is 32.2 Å². The third-order valence-corrected chi connectivity index (χ3v) is 4.94. The van der Waals surface area contributed by atoms with Crippen LogP contribution in [-0.4, -0.2) is 6.61 Å². The monoisotopic (exact) mass is 265 g/mol. The van der Waals surface area contributed by atoms with Crippen LogP contribution in [0.2, 0.25) is 5.02 Å². The lowest BCUT2D eigenvalue weighted by Crippen LogP contribution is -2.18. The Kier molecular flexibility index (Phi) is 3.49. The first-order valence-electron chi connectivity index (χ1n) is 6.87. The molecule has 0 saturated heterocycles. The Hall–Kier alpha value is -0.730. The van der Waals surface area contributed by atoms with Gasteiger partial charge in [-0.25, -0.2) is 0 Å². The molecule has 3 rings (SSSR count). The highest BCUT2D eigenvalue weighted by Crippen LogP contribution is 2.48. The van der Waals surface area contributed by atoms with Gasteiger partial charge in [-0.2, -0.15) is 0 Å². The second-order valence-electron chi connectivity index (χ2n) is 5.70. The smallest absolute Gasteiger partial charge is 0.120 e. The van der Waals surface area contributed by atoms with Crippen molar-refractivity contribution in [3.63, 3.8) is 0 Å². The third-order valence-electron chi connectivity index (χ3n) is 4.59. The lowest BCUT2D eigenvalue weighted by molar-refractivity contribution is 0.195. The number of rotatable bonds is 4. The Morgan fingerprint density at radius 3 is 2.78 bits per heavy atom. The molecule has 2 nitrogen and oxygen atoms in total. The van der Waals surface area contributed by atoms with E-state index in [9.17, 15) is 0 Å². The molecular formula is C15H20ClNO. The largest absolute Gasteiger partial charge is 0.493 e. The van der Waals surface area contributed by atoms with E-state index in [1.54, 1.807) is 0 Å². The van der Waals surface area contributed by atoms with Crippen molar-refractivity contribution in [1.29, 1.82) is 0 Å². The Morgan fingerprint density at radius 2 is 2.17 bits per heavy atom. The molecule has 98 valence electrons. The number of nitrogens with two attached hydrogens (primary N) is 1. The lowest BCUT2D eigenvalue weighted by atomic mass is 9.89. The van der Waals surface area contributed by atoms with E-state index in [2.05, 4.69) is 0 Å². The van der Waals surface area contributed by atoms with Crippen LogP contribution in [0.25, 0.3) is 0 Å². The normalized spacial score (nSPS) is 29.8. The summed E-state index contributed by atoms with van der Waals surface area (Å²) in [5, 5.41) is 0.711. The summed E-state index contributed by atoms with van der Waals surface area (Å²) in [6.45, 7) is 1.32. The van der Waals surface area contributed by atoms with Crippen molar-refractivity contribution in [2.75, 3.05) is 6.61 Å². The van der Waals surface area contributed by atoms with Gasteiger partial charge >= 0.3 is 0 Å².